The maximum Gasteiger partial charge on any atom is 0.310 e. The summed E-state index contributed by atoms with van der Waals surface area (Å²) in [5, 5.41) is 0.783. The standard InChI is InChI=1S/C23H26N2O4/c1-4-12-25-13-10-16(20(15-25)23(27)29-3)5-8-22(26)18-9-11-24-21-7-6-17(28-2)14-19(18)21/h1,6-7,9,11,14,16,20H,5,8,10,12-13,15H2,2-3H3. The molecule has 2 heterocycles. The summed E-state index contributed by atoms with van der Waals surface area (Å²) in [6.45, 7) is 1.92. The van der Waals surface area contributed by atoms with Gasteiger partial charge in [0.2, 0.25) is 0 Å². The monoisotopic (exact) mass is 394 g/mol. The van der Waals surface area contributed by atoms with Crippen LogP contribution in [0.15, 0.2) is 30.5 Å². The number of rotatable bonds is 7. The van der Waals surface area contributed by atoms with Crippen LogP contribution in [0.25, 0.3) is 10.9 Å². The third-order valence-corrected chi connectivity index (χ3v) is 5.65. The number of piperidine rings is 1. The maximum atomic E-state index is 13.0. The number of carbonyl (C=O) groups is 2. The molecule has 2 atom stereocenters. The molecule has 152 valence electrons. The number of benzene rings is 1. The third-order valence-electron chi connectivity index (χ3n) is 5.65. The molecular formula is C23H26N2O4. The fourth-order valence-electron chi connectivity index (χ4n) is 4.05. The van der Waals surface area contributed by atoms with E-state index >= 15 is 0 Å². The van der Waals surface area contributed by atoms with Gasteiger partial charge in [0.1, 0.15) is 5.75 Å². The lowest BCUT2D eigenvalue weighted by molar-refractivity contribution is -0.149. The van der Waals surface area contributed by atoms with E-state index in [9.17, 15) is 9.59 Å². The van der Waals surface area contributed by atoms with Gasteiger partial charge in [0.05, 0.1) is 32.2 Å². The Labute approximate surface area is 171 Å². The summed E-state index contributed by atoms with van der Waals surface area (Å²) < 4.78 is 10.3. The first kappa shape index (κ1) is 20.8. The Balaban J connectivity index is 1.73. The molecule has 6 nitrogen and oxygen atoms in total. The molecule has 1 fully saturated rings. The molecule has 2 unspecified atom stereocenters. The second kappa shape index (κ2) is 9.53. The lowest BCUT2D eigenvalue weighted by Gasteiger charge is -2.36. The van der Waals surface area contributed by atoms with Crippen molar-refractivity contribution in [2.75, 3.05) is 33.9 Å². The van der Waals surface area contributed by atoms with Crippen LogP contribution in [0.2, 0.25) is 0 Å². The van der Waals surface area contributed by atoms with Crippen LogP contribution >= 0.6 is 0 Å². The zero-order valence-electron chi connectivity index (χ0n) is 16.9. The molecule has 2 aromatic rings. The van der Waals surface area contributed by atoms with Crippen molar-refractivity contribution in [1.29, 1.82) is 0 Å². The van der Waals surface area contributed by atoms with Crippen LogP contribution in [0.4, 0.5) is 0 Å². The van der Waals surface area contributed by atoms with E-state index in [1.807, 2.05) is 18.2 Å². The van der Waals surface area contributed by atoms with Crippen LogP contribution in [-0.2, 0) is 9.53 Å². The number of aromatic nitrogens is 1. The number of ketones is 1. The topological polar surface area (TPSA) is 68.7 Å². The molecule has 0 saturated carbocycles. The van der Waals surface area contributed by atoms with Crippen LogP contribution in [0.5, 0.6) is 5.75 Å². The second-order valence-electron chi connectivity index (χ2n) is 7.32. The van der Waals surface area contributed by atoms with Gasteiger partial charge in [0.15, 0.2) is 5.78 Å². The molecule has 0 aliphatic carbocycles. The van der Waals surface area contributed by atoms with E-state index in [0.717, 1.165) is 23.9 Å². The predicted octanol–water partition coefficient (Wildman–Crippen LogP) is 2.95. The van der Waals surface area contributed by atoms with E-state index in [0.29, 0.717) is 37.2 Å². The highest BCUT2D eigenvalue weighted by Gasteiger charge is 2.35. The van der Waals surface area contributed by atoms with E-state index in [1.54, 1.807) is 19.4 Å². The summed E-state index contributed by atoms with van der Waals surface area (Å²) in [6.07, 6.45) is 8.88. The van der Waals surface area contributed by atoms with Gasteiger partial charge in [0.25, 0.3) is 0 Å². The minimum Gasteiger partial charge on any atom is -0.497 e. The first-order valence-corrected chi connectivity index (χ1v) is 9.77. The minimum absolute atomic E-state index is 0.0420. The average molecular weight is 394 g/mol. The van der Waals surface area contributed by atoms with Crippen LogP contribution in [0, 0.1) is 24.2 Å². The molecule has 1 aliphatic heterocycles. The molecule has 1 aromatic heterocycles. The number of likely N-dealkylation sites (tertiary alicyclic amines) is 1. The van der Waals surface area contributed by atoms with E-state index < -0.39 is 0 Å². The zero-order chi connectivity index (χ0) is 20.8. The van der Waals surface area contributed by atoms with Gasteiger partial charge in [-0.15, -0.1) is 6.42 Å². The van der Waals surface area contributed by atoms with Crippen molar-refractivity contribution >= 4 is 22.7 Å². The number of methoxy groups -OCH3 is 2. The Hall–Kier alpha value is -2.91. The largest absolute Gasteiger partial charge is 0.497 e. The molecular weight excluding hydrogens is 368 g/mol. The number of ether oxygens (including phenoxy) is 2. The Morgan fingerprint density at radius 3 is 2.86 bits per heavy atom. The summed E-state index contributed by atoms with van der Waals surface area (Å²) in [5.74, 6) is 2.97. The van der Waals surface area contributed by atoms with E-state index in [2.05, 4.69) is 15.8 Å². The second-order valence-corrected chi connectivity index (χ2v) is 7.32. The number of nitrogens with zero attached hydrogens (tertiary/aromatic N) is 2. The summed E-state index contributed by atoms with van der Waals surface area (Å²) in [6, 6.07) is 7.26. The SMILES string of the molecule is C#CCN1CCC(CCC(=O)c2ccnc3ccc(OC)cc23)C(C(=O)OC)C1. The van der Waals surface area contributed by atoms with E-state index in [1.165, 1.54) is 7.11 Å². The van der Waals surface area contributed by atoms with Crippen molar-refractivity contribution in [3.05, 3.63) is 36.0 Å². The lowest BCUT2D eigenvalue weighted by Crippen LogP contribution is -2.44. The Bertz CT molecular complexity index is 934. The average Bonchev–Trinajstić information content (AvgIpc) is 2.76. The van der Waals surface area contributed by atoms with Gasteiger partial charge < -0.3 is 9.47 Å². The summed E-state index contributed by atoms with van der Waals surface area (Å²) >= 11 is 0. The van der Waals surface area contributed by atoms with Crippen molar-refractivity contribution in [2.24, 2.45) is 11.8 Å². The maximum absolute atomic E-state index is 13.0. The number of terminal acetylenes is 1. The van der Waals surface area contributed by atoms with Gasteiger partial charge >= 0.3 is 5.97 Å². The van der Waals surface area contributed by atoms with Crippen molar-refractivity contribution in [3.8, 4) is 18.1 Å². The molecule has 0 amide bonds. The molecule has 0 bridgehead atoms. The van der Waals surface area contributed by atoms with Crippen LogP contribution in [-0.4, -0.2) is 55.5 Å². The fraction of sp³-hybridized carbons (Fsp3) is 0.435. The normalized spacial score (nSPS) is 19.5. The highest BCUT2D eigenvalue weighted by Crippen LogP contribution is 2.30. The molecule has 0 spiro atoms. The van der Waals surface area contributed by atoms with Gasteiger partial charge in [-0.3, -0.25) is 19.5 Å². The lowest BCUT2D eigenvalue weighted by atomic mass is 9.81. The number of carbonyl (C=O) groups excluding carboxylic acids is 2. The third kappa shape index (κ3) is 4.75. The van der Waals surface area contributed by atoms with Gasteiger partial charge in [0, 0.05) is 30.1 Å². The minimum atomic E-state index is -0.260. The number of hydrogen-bond donors (Lipinski definition) is 0. The number of hydrogen-bond acceptors (Lipinski definition) is 6. The number of pyridine rings is 1. The quantitative estimate of drug-likeness (QED) is 0.409. The van der Waals surface area contributed by atoms with Crippen molar-refractivity contribution < 1.29 is 19.1 Å². The zero-order valence-corrected chi connectivity index (χ0v) is 16.9. The van der Waals surface area contributed by atoms with E-state index in [-0.39, 0.29) is 23.6 Å². The number of fused-ring (bicyclic) bond motifs is 1. The Kier molecular flexibility index (Phi) is 6.84. The Morgan fingerprint density at radius 1 is 1.31 bits per heavy atom. The van der Waals surface area contributed by atoms with Gasteiger partial charge in [-0.25, -0.2) is 0 Å². The summed E-state index contributed by atoms with van der Waals surface area (Å²) in [5.41, 5.74) is 1.39. The highest BCUT2D eigenvalue weighted by atomic mass is 16.5. The van der Waals surface area contributed by atoms with Gasteiger partial charge in [-0.05, 0) is 49.6 Å². The smallest absolute Gasteiger partial charge is 0.310 e. The molecule has 1 saturated heterocycles. The first-order chi connectivity index (χ1) is 14.1. The number of Topliss-reactive ketones (excluding diaryl/α,β-unsaturated/α-hetero) is 1. The molecule has 1 aliphatic rings. The van der Waals surface area contributed by atoms with Crippen LogP contribution in [0.3, 0.4) is 0 Å². The molecule has 0 radical (unpaired) electrons. The highest BCUT2D eigenvalue weighted by molar-refractivity contribution is 6.07. The first-order valence-electron chi connectivity index (χ1n) is 9.77. The van der Waals surface area contributed by atoms with Gasteiger partial charge in [-0.2, -0.15) is 0 Å². The molecule has 3 rings (SSSR count). The molecule has 1 aromatic carbocycles. The summed E-state index contributed by atoms with van der Waals surface area (Å²) in [7, 11) is 3.00. The van der Waals surface area contributed by atoms with Gasteiger partial charge in [-0.1, -0.05) is 5.92 Å². The van der Waals surface area contributed by atoms with E-state index in [4.69, 9.17) is 15.9 Å². The van der Waals surface area contributed by atoms with Crippen LogP contribution < -0.4 is 4.74 Å². The molecule has 0 N–H and O–H groups in total. The molecule has 6 heteroatoms. The van der Waals surface area contributed by atoms with Crippen molar-refractivity contribution in [2.45, 2.75) is 19.3 Å². The fourth-order valence-corrected chi connectivity index (χ4v) is 4.05. The van der Waals surface area contributed by atoms with Crippen molar-refractivity contribution in [3.63, 3.8) is 0 Å². The summed E-state index contributed by atoms with van der Waals surface area (Å²) in [4.78, 5) is 31.7. The van der Waals surface area contributed by atoms with Crippen LogP contribution in [0.1, 0.15) is 29.6 Å². The van der Waals surface area contributed by atoms with Crippen molar-refractivity contribution in [1.82, 2.24) is 9.88 Å². The number of esters is 1. The Morgan fingerprint density at radius 2 is 2.14 bits per heavy atom. The molecule has 29 heavy (non-hydrogen) atoms. The predicted molar refractivity (Wildman–Crippen MR) is 111 cm³/mol.